The zero-order valence-corrected chi connectivity index (χ0v) is 5.48. The molecule has 1 aliphatic rings. The summed E-state index contributed by atoms with van der Waals surface area (Å²) in [7, 11) is -1.15. The molecule has 1 rings (SSSR count). The lowest BCUT2D eigenvalue weighted by Crippen LogP contribution is -2.23. The predicted molar refractivity (Wildman–Crippen MR) is 31.4 cm³/mol. The van der Waals surface area contributed by atoms with Gasteiger partial charge >= 0.3 is 19.3 Å². The minimum absolute atomic E-state index is 0.190. The predicted octanol–water partition coefficient (Wildman–Crippen LogP) is -1.35. The Morgan fingerprint density at radius 1 is 1.82 bits per heavy atom. The number of carboxylic acid groups (broad SMARTS) is 1. The van der Waals surface area contributed by atoms with Gasteiger partial charge in [-0.3, -0.25) is 4.79 Å². The van der Waals surface area contributed by atoms with Crippen molar-refractivity contribution < 1.29 is 28.7 Å². The quantitative estimate of drug-likeness (QED) is 0.513. The molecule has 0 unspecified atom stereocenters. The van der Waals surface area contributed by atoms with E-state index in [1.807, 2.05) is 0 Å². The molecule has 11 heavy (non-hydrogen) atoms. The van der Waals surface area contributed by atoms with E-state index in [0.29, 0.717) is 0 Å². The molecule has 0 saturated carbocycles. The fraction of sp³-hybridized carbons (Fsp3) is 0.500. The summed E-state index contributed by atoms with van der Waals surface area (Å²) in [5, 5.41) is 8.12. The molecule has 0 radical (unpaired) electrons. The standard InChI is InChI=1S/C4H5BO6/c6-3(7)1-9-5-10-2-4(8)11-5/h1-2H2,(H,6,7). The van der Waals surface area contributed by atoms with Gasteiger partial charge in [0, 0.05) is 0 Å². The highest BCUT2D eigenvalue weighted by molar-refractivity contribution is 6.41. The van der Waals surface area contributed by atoms with Gasteiger partial charge in [0.2, 0.25) is 0 Å². The molecule has 60 valence electrons. The van der Waals surface area contributed by atoms with Crippen LogP contribution in [-0.2, 0) is 23.6 Å². The Bertz CT molecular complexity index is 179. The second-order valence-electron chi connectivity index (χ2n) is 1.79. The molecule has 7 heteroatoms. The van der Waals surface area contributed by atoms with Crippen LogP contribution in [0.3, 0.4) is 0 Å². The van der Waals surface area contributed by atoms with Gasteiger partial charge in [-0.25, -0.2) is 4.79 Å². The number of hydrogen-bond acceptors (Lipinski definition) is 5. The summed E-state index contributed by atoms with van der Waals surface area (Å²) < 4.78 is 13.4. The van der Waals surface area contributed by atoms with E-state index in [2.05, 4.69) is 14.0 Å². The summed E-state index contributed by atoms with van der Waals surface area (Å²) in [6.45, 7) is -0.734. The van der Waals surface area contributed by atoms with Crippen molar-refractivity contribution in [2.45, 2.75) is 0 Å². The third-order valence-corrected chi connectivity index (χ3v) is 0.908. The Kier molecular flexibility index (Phi) is 2.45. The Morgan fingerprint density at radius 2 is 2.55 bits per heavy atom. The lowest BCUT2D eigenvalue weighted by molar-refractivity contribution is -0.141. The van der Waals surface area contributed by atoms with Crippen molar-refractivity contribution in [1.29, 1.82) is 0 Å². The summed E-state index contributed by atoms with van der Waals surface area (Å²) >= 11 is 0. The van der Waals surface area contributed by atoms with Crippen molar-refractivity contribution in [2.75, 3.05) is 13.2 Å². The second kappa shape index (κ2) is 3.36. The van der Waals surface area contributed by atoms with Gasteiger partial charge in [-0.2, -0.15) is 0 Å². The Labute approximate surface area is 62.2 Å². The van der Waals surface area contributed by atoms with E-state index in [1.165, 1.54) is 0 Å². The maximum absolute atomic E-state index is 10.3. The van der Waals surface area contributed by atoms with Gasteiger partial charge in [0.05, 0.1) is 0 Å². The summed E-state index contributed by atoms with van der Waals surface area (Å²) in [5.74, 6) is -1.70. The van der Waals surface area contributed by atoms with Gasteiger partial charge in [-0.15, -0.1) is 0 Å². The van der Waals surface area contributed by atoms with Crippen LogP contribution in [0.2, 0.25) is 0 Å². The lowest BCUT2D eigenvalue weighted by Gasteiger charge is -1.99. The van der Waals surface area contributed by atoms with Gasteiger partial charge < -0.3 is 19.1 Å². The first-order valence-corrected chi connectivity index (χ1v) is 2.83. The van der Waals surface area contributed by atoms with Crippen LogP contribution in [0.25, 0.3) is 0 Å². The zero-order valence-electron chi connectivity index (χ0n) is 5.48. The molecule has 0 aromatic carbocycles. The third kappa shape index (κ3) is 2.56. The molecule has 1 heterocycles. The van der Waals surface area contributed by atoms with Crippen LogP contribution < -0.4 is 0 Å². The molecule has 0 spiro atoms. The number of carbonyl (C=O) groups is 2. The highest BCUT2D eigenvalue weighted by atomic mass is 16.8. The van der Waals surface area contributed by atoms with Gasteiger partial charge in [-0.1, -0.05) is 0 Å². The first-order valence-electron chi connectivity index (χ1n) is 2.83. The van der Waals surface area contributed by atoms with Crippen LogP contribution in [0.4, 0.5) is 0 Å². The fourth-order valence-electron chi connectivity index (χ4n) is 0.533. The highest BCUT2D eigenvalue weighted by Gasteiger charge is 2.34. The summed E-state index contributed by atoms with van der Waals surface area (Å²) in [5.41, 5.74) is 0. The molecule has 1 N–H and O–H groups in total. The molecule has 0 aromatic rings. The molecule has 0 aromatic heterocycles. The molecule has 0 bridgehead atoms. The SMILES string of the molecule is O=C(O)COB1OCC(=O)O1. The maximum atomic E-state index is 10.3. The molecule has 0 aliphatic carbocycles. The molecule has 0 atom stereocenters. The number of rotatable bonds is 3. The first-order chi connectivity index (χ1) is 5.18. The maximum Gasteiger partial charge on any atom is 0.716 e. The summed E-state index contributed by atoms with van der Waals surface area (Å²) in [6.07, 6.45) is 0. The van der Waals surface area contributed by atoms with Crippen molar-refractivity contribution >= 4 is 19.3 Å². The molecule has 6 nitrogen and oxygen atoms in total. The Hall–Kier alpha value is -1.08. The third-order valence-electron chi connectivity index (χ3n) is 0.908. The van der Waals surface area contributed by atoms with Crippen molar-refractivity contribution in [3.8, 4) is 0 Å². The molecule has 0 amide bonds. The fourth-order valence-corrected chi connectivity index (χ4v) is 0.533. The van der Waals surface area contributed by atoms with Crippen molar-refractivity contribution in [1.82, 2.24) is 0 Å². The Balaban J connectivity index is 2.18. The van der Waals surface area contributed by atoms with Crippen molar-refractivity contribution in [3.05, 3.63) is 0 Å². The van der Waals surface area contributed by atoms with E-state index in [1.54, 1.807) is 0 Å². The van der Waals surface area contributed by atoms with E-state index >= 15 is 0 Å². The minimum atomic E-state index is -1.15. The smallest absolute Gasteiger partial charge is 0.483 e. The summed E-state index contributed by atoms with van der Waals surface area (Å²) in [4.78, 5) is 20.2. The molecule has 1 saturated heterocycles. The largest absolute Gasteiger partial charge is 0.716 e. The minimum Gasteiger partial charge on any atom is -0.483 e. The zero-order chi connectivity index (χ0) is 8.27. The highest BCUT2D eigenvalue weighted by Crippen LogP contribution is 2.01. The molecule has 1 fully saturated rings. The van der Waals surface area contributed by atoms with Gasteiger partial charge in [0.25, 0.3) is 0 Å². The van der Waals surface area contributed by atoms with Crippen LogP contribution in [0.1, 0.15) is 0 Å². The van der Waals surface area contributed by atoms with Crippen molar-refractivity contribution in [3.63, 3.8) is 0 Å². The van der Waals surface area contributed by atoms with E-state index in [4.69, 9.17) is 5.11 Å². The topological polar surface area (TPSA) is 82.1 Å². The van der Waals surface area contributed by atoms with Crippen molar-refractivity contribution in [2.24, 2.45) is 0 Å². The average Bonchev–Trinajstić information content (AvgIpc) is 2.31. The normalized spacial score (nSPS) is 16.7. The molecule has 1 aliphatic heterocycles. The number of carbonyl (C=O) groups excluding carboxylic acids is 1. The Morgan fingerprint density at radius 3 is 3.00 bits per heavy atom. The van der Waals surface area contributed by atoms with E-state index in [-0.39, 0.29) is 6.61 Å². The first kappa shape index (κ1) is 8.03. The van der Waals surface area contributed by atoms with Crippen LogP contribution in [0, 0.1) is 0 Å². The van der Waals surface area contributed by atoms with Crippen LogP contribution in [0.5, 0.6) is 0 Å². The van der Waals surface area contributed by atoms with E-state index in [9.17, 15) is 9.59 Å². The number of carboxylic acids is 1. The monoisotopic (exact) mass is 160 g/mol. The van der Waals surface area contributed by atoms with E-state index < -0.39 is 25.9 Å². The van der Waals surface area contributed by atoms with Gasteiger partial charge in [0.1, 0.15) is 13.2 Å². The summed E-state index contributed by atoms with van der Waals surface area (Å²) in [6, 6.07) is 0. The number of aliphatic carboxylic acids is 1. The molecular formula is C4H5BO6. The second-order valence-corrected chi connectivity index (χ2v) is 1.79. The lowest BCUT2D eigenvalue weighted by atomic mass is 10.2. The molecular weight excluding hydrogens is 155 g/mol. The van der Waals surface area contributed by atoms with Crippen LogP contribution >= 0.6 is 0 Å². The number of hydrogen-bond donors (Lipinski definition) is 1. The average molecular weight is 160 g/mol. The van der Waals surface area contributed by atoms with Gasteiger partial charge in [0.15, 0.2) is 0 Å². The van der Waals surface area contributed by atoms with Crippen LogP contribution in [0.15, 0.2) is 0 Å². The van der Waals surface area contributed by atoms with E-state index in [0.717, 1.165) is 0 Å². The van der Waals surface area contributed by atoms with Crippen LogP contribution in [-0.4, -0.2) is 37.6 Å². The van der Waals surface area contributed by atoms with Gasteiger partial charge in [-0.05, 0) is 0 Å².